The van der Waals surface area contributed by atoms with Gasteiger partial charge in [-0.25, -0.2) is 4.79 Å². The third kappa shape index (κ3) is 6.24. The van der Waals surface area contributed by atoms with Gasteiger partial charge in [0, 0.05) is 23.8 Å². The molecular weight excluding hydrogens is 408 g/mol. The molecule has 0 radical (unpaired) electrons. The van der Waals surface area contributed by atoms with E-state index in [0.717, 1.165) is 18.8 Å². The first-order valence-electron chi connectivity index (χ1n) is 9.98. The van der Waals surface area contributed by atoms with Crippen LogP contribution >= 0.6 is 11.6 Å². The summed E-state index contributed by atoms with van der Waals surface area (Å²) in [5.74, 6) is 1.22. The molecule has 1 aliphatic rings. The molecule has 0 saturated carbocycles. The zero-order valence-electron chi connectivity index (χ0n) is 17.7. The summed E-state index contributed by atoms with van der Waals surface area (Å²) >= 11 is 6.00. The van der Waals surface area contributed by atoms with Crippen molar-refractivity contribution < 1.29 is 14.3 Å². The van der Waals surface area contributed by atoms with Crippen LogP contribution in [0.25, 0.3) is 0 Å². The Hall–Kier alpha value is -2.52. The fourth-order valence-corrected chi connectivity index (χ4v) is 3.17. The van der Waals surface area contributed by atoms with E-state index >= 15 is 0 Å². The predicted molar refractivity (Wildman–Crippen MR) is 116 cm³/mol. The van der Waals surface area contributed by atoms with Gasteiger partial charge in [-0.05, 0) is 52.0 Å². The minimum atomic E-state index is -0.585. The number of aromatic amines is 1. The van der Waals surface area contributed by atoms with Gasteiger partial charge >= 0.3 is 6.09 Å². The van der Waals surface area contributed by atoms with Gasteiger partial charge in [-0.1, -0.05) is 11.6 Å². The van der Waals surface area contributed by atoms with Crippen molar-refractivity contribution in [3.63, 3.8) is 0 Å². The highest BCUT2D eigenvalue weighted by Crippen LogP contribution is 2.24. The van der Waals surface area contributed by atoms with Gasteiger partial charge in [0.25, 0.3) is 0 Å². The van der Waals surface area contributed by atoms with E-state index in [9.17, 15) is 4.79 Å². The van der Waals surface area contributed by atoms with E-state index < -0.39 is 11.7 Å². The number of benzene rings is 1. The largest absolute Gasteiger partial charge is 0.444 e. The molecule has 30 heavy (non-hydrogen) atoms. The zero-order chi connectivity index (χ0) is 21.7. The van der Waals surface area contributed by atoms with Crippen LogP contribution in [-0.4, -0.2) is 59.2 Å². The van der Waals surface area contributed by atoms with E-state index in [-0.39, 0.29) is 12.1 Å². The molecule has 1 aromatic heterocycles. The lowest BCUT2D eigenvalue weighted by Gasteiger charge is -2.27. The number of H-pyrrole nitrogens is 1. The van der Waals surface area contributed by atoms with Crippen LogP contribution in [-0.2, 0) is 9.47 Å². The first-order chi connectivity index (χ1) is 14.2. The molecule has 0 bridgehead atoms. The van der Waals surface area contributed by atoms with E-state index in [0.29, 0.717) is 30.0 Å². The van der Waals surface area contributed by atoms with E-state index in [1.165, 1.54) is 0 Å². The smallest absolute Gasteiger partial charge is 0.407 e. The molecule has 0 spiro atoms. The topological polar surface area (TPSA) is 104 Å². The lowest BCUT2D eigenvalue weighted by atomic mass is 10.1. The maximum absolute atomic E-state index is 12.3. The second-order valence-electron chi connectivity index (χ2n) is 8.18. The average Bonchev–Trinajstić information content (AvgIpc) is 3.16. The van der Waals surface area contributed by atoms with Gasteiger partial charge in [-0.15, -0.1) is 5.10 Å². The number of nitrogens with zero attached hydrogens (tertiary/aromatic N) is 3. The molecule has 2 heterocycles. The van der Waals surface area contributed by atoms with Crippen molar-refractivity contribution in [2.24, 2.45) is 0 Å². The molecule has 9 nitrogen and oxygen atoms in total. The lowest BCUT2D eigenvalue weighted by molar-refractivity contribution is 0.0503. The van der Waals surface area contributed by atoms with Crippen LogP contribution in [0, 0.1) is 0 Å². The van der Waals surface area contributed by atoms with Crippen LogP contribution in [0.1, 0.15) is 39.6 Å². The summed E-state index contributed by atoms with van der Waals surface area (Å²) in [6.07, 6.45) is -0.495. The summed E-state index contributed by atoms with van der Waals surface area (Å²) in [4.78, 5) is 19.0. The summed E-state index contributed by atoms with van der Waals surface area (Å²) < 4.78 is 10.8. The van der Waals surface area contributed by atoms with Gasteiger partial charge in [0.1, 0.15) is 11.6 Å². The molecule has 10 heteroatoms. The number of carbonyl (C=O) groups is 1. The van der Waals surface area contributed by atoms with Crippen molar-refractivity contribution in [3.05, 3.63) is 35.1 Å². The molecule has 1 aromatic carbocycles. The predicted octanol–water partition coefficient (Wildman–Crippen LogP) is 3.36. The Morgan fingerprint density at radius 2 is 1.93 bits per heavy atom. The van der Waals surface area contributed by atoms with Crippen molar-refractivity contribution >= 4 is 29.3 Å². The number of morpholine rings is 1. The summed E-state index contributed by atoms with van der Waals surface area (Å²) in [7, 11) is 0. The van der Waals surface area contributed by atoms with Crippen molar-refractivity contribution in [1.82, 2.24) is 20.5 Å². The van der Waals surface area contributed by atoms with Gasteiger partial charge in [0.2, 0.25) is 5.95 Å². The number of amides is 1. The van der Waals surface area contributed by atoms with E-state index in [1.54, 1.807) is 12.1 Å². The quantitative estimate of drug-likeness (QED) is 0.637. The minimum absolute atomic E-state index is 0.346. The highest BCUT2D eigenvalue weighted by molar-refractivity contribution is 6.30. The summed E-state index contributed by atoms with van der Waals surface area (Å²) in [6, 6.07) is 6.62. The Morgan fingerprint density at radius 1 is 1.27 bits per heavy atom. The van der Waals surface area contributed by atoms with Crippen molar-refractivity contribution in [2.45, 2.75) is 45.4 Å². The second-order valence-corrected chi connectivity index (χ2v) is 8.62. The minimum Gasteiger partial charge on any atom is -0.444 e. The van der Waals surface area contributed by atoms with Crippen molar-refractivity contribution in [3.8, 4) is 0 Å². The van der Waals surface area contributed by atoms with Crippen molar-refractivity contribution in [2.75, 3.05) is 36.5 Å². The van der Waals surface area contributed by atoms with E-state index in [2.05, 4.69) is 30.7 Å². The van der Waals surface area contributed by atoms with Crippen molar-refractivity contribution in [1.29, 1.82) is 0 Å². The van der Waals surface area contributed by atoms with Crippen LogP contribution in [0.5, 0.6) is 0 Å². The van der Waals surface area contributed by atoms with E-state index in [1.807, 2.05) is 39.8 Å². The van der Waals surface area contributed by atoms with Crippen LogP contribution in [0.3, 0.4) is 0 Å². The van der Waals surface area contributed by atoms with E-state index in [4.69, 9.17) is 21.1 Å². The molecule has 2 unspecified atom stereocenters. The molecule has 1 aliphatic heterocycles. The molecule has 1 fully saturated rings. The van der Waals surface area contributed by atoms with Crippen LogP contribution in [0.2, 0.25) is 5.02 Å². The van der Waals surface area contributed by atoms with Crippen LogP contribution in [0.4, 0.5) is 16.4 Å². The van der Waals surface area contributed by atoms with Gasteiger partial charge in [0.15, 0.2) is 5.82 Å². The molecule has 164 valence electrons. The third-order valence-electron chi connectivity index (χ3n) is 4.49. The number of alkyl carbamates (subject to hydrolysis) is 1. The fraction of sp³-hybridized carbons (Fsp3) is 0.550. The Balaban J connectivity index is 1.79. The molecule has 3 N–H and O–H groups in total. The monoisotopic (exact) mass is 436 g/mol. The Bertz CT molecular complexity index is 830. The normalized spacial score (nSPS) is 16.6. The van der Waals surface area contributed by atoms with Gasteiger partial charge in [0.05, 0.1) is 19.3 Å². The van der Waals surface area contributed by atoms with Crippen LogP contribution in [0.15, 0.2) is 24.3 Å². The van der Waals surface area contributed by atoms with Crippen LogP contribution < -0.4 is 15.5 Å². The van der Waals surface area contributed by atoms with Gasteiger partial charge < -0.3 is 25.0 Å². The fourth-order valence-electron chi connectivity index (χ4n) is 3.04. The second kappa shape index (κ2) is 9.53. The summed E-state index contributed by atoms with van der Waals surface area (Å²) in [5.41, 5.74) is 0.255. The summed E-state index contributed by atoms with van der Waals surface area (Å²) in [6.45, 7) is 10.1. The number of ether oxygens (including phenoxy) is 2. The molecule has 1 saturated heterocycles. The third-order valence-corrected chi connectivity index (χ3v) is 4.74. The standard InChI is InChI=1S/C20H29ClN6O3/c1-13(22-19(28)30-20(2,3)4)16(23-15-7-5-14(21)6-8-15)17-24-18(26-25-17)27-9-11-29-12-10-27/h5-8,13,16,23H,9-12H2,1-4H3,(H,22,28)(H,24,25,26). The number of aromatic nitrogens is 3. The Morgan fingerprint density at radius 3 is 2.57 bits per heavy atom. The Kier molecular flexibility index (Phi) is 7.04. The number of nitrogens with one attached hydrogen (secondary N) is 3. The maximum atomic E-state index is 12.3. The number of hydrogen-bond acceptors (Lipinski definition) is 7. The number of halogens is 1. The number of rotatable bonds is 6. The molecule has 2 aromatic rings. The lowest BCUT2D eigenvalue weighted by Crippen LogP contribution is -2.43. The molecular formula is C20H29ClN6O3. The summed E-state index contributed by atoms with van der Waals surface area (Å²) in [5, 5.41) is 14.3. The van der Waals surface area contributed by atoms with Gasteiger partial charge in [-0.3, -0.25) is 5.10 Å². The zero-order valence-corrected chi connectivity index (χ0v) is 18.5. The van der Waals surface area contributed by atoms with Gasteiger partial charge in [-0.2, -0.15) is 4.98 Å². The molecule has 2 atom stereocenters. The number of hydrogen-bond donors (Lipinski definition) is 3. The molecule has 1 amide bonds. The highest BCUT2D eigenvalue weighted by Gasteiger charge is 2.28. The maximum Gasteiger partial charge on any atom is 0.407 e. The Labute approximate surface area is 181 Å². The first-order valence-corrected chi connectivity index (χ1v) is 10.4. The average molecular weight is 437 g/mol. The number of carbonyl (C=O) groups excluding carboxylic acids is 1. The number of anilines is 2. The highest BCUT2D eigenvalue weighted by atomic mass is 35.5. The first kappa shape index (κ1) is 22.2. The molecule has 0 aliphatic carbocycles. The SMILES string of the molecule is CC(NC(=O)OC(C)(C)C)C(Nc1ccc(Cl)cc1)c1nc(N2CCOCC2)n[nH]1. The molecule has 3 rings (SSSR count).